The van der Waals surface area contributed by atoms with Crippen molar-refractivity contribution >= 4 is 21.9 Å². The smallest absolute Gasteiger partial charge is 0.335 e. The van der Waals surface area contributed by atoms with Crippen molar-refractivity contribution in [3.63, 3.8) is 0 Å². The number of aromatic hydroxyl groups is 1. The predicted octanol–water partition coefficient (Wildman–Crippen LogP) is 2.17. The molecule has 1 aromatic heterocycles. The molecule has 0 aliphatic carbocycles. The van der Waals surface area contributed by atoms with Crippen LogP contribution in [0.3, 0.4) is 0 Å². The molecule has 0 saturated carbocycles. The number of nitrogens with zero attached hydrogens (tertiary/aromatic N) is 3. The Balaban J connectivity index is 1.71. The Morgan fingerprint density at radius 2 is 1.76 bits per heavy atom. The van der Waals surface area contributed by atoms with Crippen LogP contribution in [0.15, 0.2) is 68.0 Å². The third-order valence-corrected chi connectivity index (χ3v) is 7.47. The average molecular weight is 485 g/mol. The standard InChI is InChI=1S/C23H24N4O6S/c1-33-20-14-17(34(31,32)26-12-6-3-7-13-26)10-11-19(20)24-15-18-21(28)25-23(30)27(22(18)29)16-8-4-2-5-9-16/h2,4-5,8-11,14-15,29H,3,6-7,12-13H2,1H3,(H,25,28,30). The number of aromatic amines is 1. The topological polar surface area (TPSA) is 134 Å². The quantitative estimate of drug-likeness (QED) is 0.515. The SMILES string of the molecule is COc1cc(S(=O)(=O)N2CCCCC2)ccc1N=Cc1c(O)n(-c2ccccc2)c(=O)[nH]c1=O. The van der Waals surface area contributed by atoms with E-state index in [1.54, 1.807) is 30.3 Å². The van der Waals surface area contributed by atoms with Crippen LogP contribution in [0.5, 0.6) is 11.6 Å². The van der Waals surface area contributed by atoms with Crippen LogP contribution in [0.4, 0.5) is 5.69 Å². The highest BCUT2D eigenvalue weighted by Crippen LogP contribution is 2.32. The van der Waals surface area contributed by atoms with E-state index in [9.17, 15) is 23.1 Å². The van der Waals surface area contributed by atoms with Gasteiger partial charge in [0.2, 0.25) is 15.9 Å². The first-order chi connectivity index (χ1) is 16.3. The van der Waals surface area contributed by atoms with Gasteiger partial charge in [0, 0.05) is 25.4 Å². The van der Waals surface area contributed by atoms with Gasteiger partial charge >= 0.3 is 5.69 Å². The number of hydrogen-bond donors (Lipinski definition) is 2. The minimum Gasteiger partial charge on any atom is -0.494 e. The fourth-order valence-electron chi connectivity index (χ4n) is 3.78. The van der Waals surface area contributed by atoms with Gasteiger partial charge in [-0.05, 0) is 37.1 Å². The Labute approximate surface area is 195 Å². The molecule has 4 rings (SSSR count). The number of methoxy groups -OCH3 is 1. The van der Waals surface area contributed by atoms with Crippen LogP contribution in [0.1, 0.15) is 24.8 Å². The first-order valence-corrected chi connectivity index (χ1v) is 12.1. The van der Waals surface area contributed by atoms with Crippen molar-refractivity contribution in [3.8, 4) is 17.3 Å². The zero-order valence-electron chi connectivity index (χ0n) is 18.5. The van der Waals surface area contributed by atoms with Crippen LogP contribution >= 0.6 is 0 Å². The molecule has 1 aliphatic rings. The van der Waals surface area contributed by atoms with Crippen LogP contribution in [0.2, 0.25) is 0 Å². The summed E-state index contributed by atoms with van der Waals surface area (Å²) in [5, 5.41) is 10.6. The van der Waals surface area contributed by atoms with Gasteiger partial charge in [-0.25, -0.2) is 17.8 Å². The van der Waals surface area contributed by atoms with Gasteiger partial charge in [0.15, 0.2) is 0 Å². The van der Waals surface area contributed by atoms with Gasteiger partial charge < -0.3 is 9.84 Å². The molecule has 3 aromatic rings. The summed E-state index contributed by atoms with van der Waals surface area (Å²) < 4.78 is 33.7. The lowest BCUT2D eigenvalue weighted by molar-refractivity contribution is 0.346. The molecule has 2 heterocycles. The highest BCUT2D eigenvalue weighted by atomic mass is 32.2. The van der Waals surface area contributed by atoms with E-state index in [-0.39, 0.29) is 21.9 Å². The summed E-state index contributed by atoms with van der Waals surface area (Å²) >= 11 is 0. The van der Waals surface area contributed by atoms with Gasteiger partial charge in [0.25, 0.3) is 5.56 Å². The Hall–Kier alpha value is -3.70. The minimum atomic E-state index is -3.66. The lowest BCUT2D eigenvalue weighted by Gasteiger charge is -2.26. The number of nitrogens with one attached hydrogen (secondary N) is 1. The molecule has 1 fully saturated rings. The molecular weight excluding hydrogens is 460 g/mol. The molecule has 34 heavy (non-hydrogen) atoms. The van der Waals surface area contributed by atoms with Crippen molar-refractivity contribution in [1.29, 1.82) is 0 Å². The van der Waals surface area contributed by atoms with E-state index in [4.69, 9.17) is 4.74 Å². The Kier molecular flexibility index (Phi) is 6.66. The first kappa shape index (κ1) is 23.5. The molecule has 1 saturated heterocycles. The summed E-state index contributed by atoms with van der Waals surface area (Å²) in [6, 6.07) is 12.6. The third kappa shape index (κ3) is 4.52. The number of benzene rings is 2. The molecule has 10 nitrogen and oxygen atoms in total. The van der Waals surface area contributed by atoms with Gasteiger partial charge in [-0.15, -0.1) is 0 Å². The molecule has 0 atom stereocenters. The van der Waals surface area contributed by atoms with Crippen molar-refractivity contribution in [2.75, 3.05) is 20.2 Å². The van der Waals surface area contributed by atoms with Crippen molar-refractivity contribution in [1.82, 2.24) is 13.9 Å². The summed E-state index contributed by atoms with van der Waals surface area (Å²) in [4.78, 5) is 31.1. The van der Waals surface area contributed by atoms with E-state index in [1.807, 2.05) is 0 Å². The summed E-state index contributed by atoms with van der Waals surface area (Å²) in [5.74, 6) is -0.395. The number of sulfonamides is 1. The summed E-state index contributed by atoms with van der Waals surface area (Å²) in [7, 11) is -2.28. The zero-order chi connectivity index (χ0) is 24.3. The second kappa shape index (κ2) is 9.65. The lowest BCUT2D eigenvalue weighted by Crippen LogP contribution is -2.35. The van der Waals surface area contributed by atoms with Crippen molar-refractivity contribution in [2.45, 2.75) is 24.2 Å². The number of hydrogen-bond acceptors (Lipinski definition) is 7. The Bertz CT molecular complexity index is 1440. The van der Waals surface area contributed by atoms with E-state index >= 15 is 0 Å². The van der Waals surface area contributed by atoms with Crippen LogP contribution in [-0.2, 0) is 10.0 Å². The Morgan fingerprint density at radius 3 is 2.44 bits per heavy atom. The summed E-state index contributed by atoms with van der Waals surface area (Å²) in [5.41, 5.74) is -1.25. The van der Waals surface area contributed by atoms with E-state index in [2.05, 4.69) is 9.98 Å². The maximum atomic E-state index is 13.0. The van der Waals surface area contributed by atoms with Crippen LogP contribution in [0, 0.1) is 0 Å². The van der Waals surface area contributed by atoms with E-state index in [0.29, 0.717) is 18.8 Å². The van der Waals surface area contributed by atoms with Gasteiger partial charge in [0.1, 0.15) is 17.0 Å². The summed E-state index contributed by atoms with van der Waals surface area (Å²) in [6.45, 7) is 0.952. The zero-order valence-corrected chi connectivity index (χ0v) is 19.3. The second-order valence-electron chi connectivity index (χ2n) is 7.72. The van der Waals surface area contributed by atoms with Gasteiger partial charge in [-0.1, -0.05) is 24.6 Å². The van der Waals surface area contributed by atoms with E-state index in [0.717, 1.165) is 30.0 Å². The molecule has 1 aliphatic heterocycles. The van der Waals surface area contributed by atoms with Gasteiger partial charge in [-0.2, -0.15) is 4.31 Å². The molecule has 11 heteroatoms. The van der Waals surface area contributed by atoms with Crippen LogP contribution < -0.4 is 16.0 Å². The number of para-hydroxylation sites is 1. The van der Waals surface area contributed by atoms with E-state index < -0.39 is 27.2 Å². The first-order valence-electron chi connectivity index (χ1n) is 10.7. The number of ether oxygens (including phenoxy) is 1. The molecule has 2 N–H and O–H groups in total. The van der Waals surface area contributed by atoms with E-state index in [1.165, 1.54) is 29.6 Å². The second-order valence-corrected chi connectivity index (χ2v) is 9.66. The van der Waals surface area contributed by atoms with Crippen molar-refractivity contribution < 1.29 is 18.3 Å². The molecule has 0 amide bonds. The van der Waals surface area contributed by atoms with Crippen LogP contribution in [-0.4, -0.2) is 53.8 Å². The van der Waals surface area contributed by atoms with Gasteiger partial charge in [0.05, 0.1) is 17.7 Å². The number of piperidine rings is 1. The maximum absolute atomic E-state index is 13.0. The molecule has 178 valence electrons. The lowest BCUT2D eigenvalue weighted by atomic mass is 10.2. The number of H-pyrrole nitrogens is 1. The van der Waals surface area contributed by atoms with Crippen molar-refractivity contribution in [2.24, 2.45) is 4.99 Å². The molecule has 0 bridgehead atoms. The summed E-state index contributed by atoms with van der Waals surface area (Å²) in [6.07, 6.45) is 3.75. The number of aliphatic imine (C=N–C) groups is 1. The normalized spacial score (nSPS) is 15.0. The Morgan fingerprint density at radius 1 is 1.06 bits per heavy atom. The van der Waals surface area contributed by atoms with Crippen LogP contribution in [0.25, 0.3) is 5.69 Å². The number of aromatic nitrogens is 2. The average Bonchev–Trinajstić information content (AvgIpc) is 2.85. The molecular formula is C23H24N4O6S. The highest BCUT2D eigenvalue weighted by Gasteiger charge is 2.26. The third-order valence-electron chi connectivity index (χ3n) is 5.57. The molecule has 2 aromatic carbocycles. The fourth-order valence-corrected chi connectivity index (χ4v) is 5.32. The monoisotopic (exact) mass is 484 g/mol. The molecule has 0 unspecified atom stereocenters. The molecule has 0 radical (unpaired) electrons. The minimum absolute atomic E-state index is 0.0866. The highest BCUT2D eigenvalue weighted by molar-refractivity contribution is 7.89. The van der Waals surface area contributed by atoms with Gasteiger partial charge in [-0.3, -0.25) is 14.8 Å². The maximum Gasteiger partial charge on any atom is 0.335 e. The predicted molar refractivity (Wildman–Crippen MR) is 127 cm³/mol. The van der Waals surface area contributed by atoms with Crippen molar-refractivity contribution in [3.05, 3.63) is 74.9 Å². The fraction of sp³-hybridized carbons (Fsp3) is 0.261. The number of rotatable bonds is 6. The largest absolute Gasteiger partial charge is 0.494 e. The molecule has 0 spiro atoms.